The van der Waals surface area contributed by atoms with E-state index >= 15 is 0 Å². The molecule has 1 unspecified atom stereocenters. The number of carbonyl (C=O) groups excluding carboxylic acids is 1. The zero-order valence-electron chi connectivity index (χ0n) is 7.56. The van der Waals surface area contributed by atoms with Gasteiger partial charge in [-0.1, -0.05) is 0 Å². The molecule has 1 aliphatic heterocycles. The average Bonchev–Trinajstić information content (AvgIpc) is 2.85. The van der Waals surface area contributed by atoms with E-state index in [0.717, 1.165) is 17.1 Å². The van der Waals surface area contributed by atoms with Gasteiger partial charge in [0.25, 0.3) is 5.91 Å². The molecule has 0 saturated heterocycles. The highest BCUT2D eigenvalue weighted by atomic mass is 32.1. The lowest BCUT2D eigenvalue weighted by atomic mass is 10.1. The lowest BCUT2D eigenvalue weighted by Gasteiger charge is -2.23. The summed E-state index contributed by atoms with van der Waals surface area (Å²) in [6.07, 6.45) is 0. The third kappa shape index (κ3) is 1.42. The fourth-order valence-electron chi connectivity index (χ4n) is 1.50. The van der Waals surface area contributed by atoms with Gasteiger partial charge in [0.1, 0.15) is 6.04 Å². The van der Waals surface area contributed by atoms with E-state index in [1.807, 2.05) is 16.1 Å². The SMILES string of the molecule is O=C1Nc2cscc2NC1c1cscn1. The van der Waals surface area contributed by atoms with Crippen LogP contribution in [-0.2, 0) is 4.79 Å². The van der Waals surface area contributed by atoms with Gasteiger partial charge < -0.3 is 10.6 Å². The molecule has 76 valence electrons. The summed E-state index contributed by atoms with van der Waals surface area (Å²) >= 11 is 3.05. The number of thiophene rings is 1. The molecule has 1 atom stereocenters. The number of carbonyl (C=O) groups is 1. The molecule has 0 aromatic carbocycles. The Morgan fingerprint density at radius 3 is 2.87 bits per heavy atom. The average molecular weight is 237 g/mol. The molecule has 0 saturated carbocycles. The number of fused-ring (bicyclic) bond motifs is 1. The monoisotopic (exact) mass is 237 g/mol. The summed E-state index contributed by atoms with van der Waals surface area (Å²) in [5.41, 5.74) is 4.33. The molecule has 0 bridgehead atoms. The van der Waals surface area contributed by atoms with Crippen LogP contribution < -0.4 is 10.6 Å². The van der Waals surface area contributed by atoms with Crippen LogP contribution >= 0.6 is 22.7 Å². The van der Waals surface area contributed by atoms with Crippen molar-refractivity contribution in [1.29, 1.82) is 0 Å². The highest BCUT2D eigenvalue weighted by Crippen LogP contribution is 2.34. The molecule has 0 aliphatic carbocycles. The Morgan fingerprint density at radius 1 is 1.20 bits per heavy atom. The molecule has 4 nitrogen and oxygen atoms in total. The molecule has 1 amide bonds. The molecule has 2 aromatic rings. The normalized spacial score (nSPS) is 19.2. The second-order valence-electron chi connectivity index (χ2n) is 3.18. The predicted octanol–water partition coefficient (Wildman–Crippen LogP) is 2.31. The molecule has 2 aromatic heterocycles. The highest BCUT2D eigenvalue weighted by molar-refractivity contribution is 7.09. The number of anilines is 2. The van der Waals surface area contributed by atoms with Crippen LogP contribution in [0.1, 0.15) is 11.7 Å². The molecule has 2 N–H and O–H groups in total. The molecule has 1 aliphatic rings. The molecule has 6 heteroatoms. The van der Waals surface area contributed by atoms with E-state index in [1.54, 1.807) is 16.8 Å². The molecular formula is C9H7N3OS2. The minimum atomic E-state index is -0.363. The van der Waals surface area contributed by atoms with Gasteiger partial charge in [-0.2, -0.15) is 0 Å². The van der Waals surface area contributed by atoms with Crippen LogP contribution in [0.25, 0.3) is 0 Å². The summed E-state index contributed by atoms with van der Waals surface area (Å²) < 4.78 is 0. The summed E-state index contributed by atoms with van der Waals surface area (Å²) in [6.45, 7) is 0. The van der Waals surface area contributed by atoms with Gasteiger partial charge in [-0.3, -0.25) is 4.79 Å². The fourth-order valence-corrected chi connectivity index (χ4v) is 2.81. The third-order valence-corrected chi connectivity index (χ3v) is 3.58. The quantitative estimate of drug-likeness (QED) is 0.800. The van der Waals surface area contributed by atoms with E-state index in [9.17, 15) is 4.79 Å². The Balaban J connectivity index is 1.98. The van der Waals surface area contributed by atoms with E-state index < -0.39 is 0 Å². The zero-order valence-corrected chi connectivity index (χ0v) is 9.19. The minimum absolute atomic E-state index is 0.0493. The number of nitrogens with one attached hydrogen (secondary N) is 2. The first kappa shape index (κ1) is 8.87. The second kappa shape index (κ2) is 3.32. The van der Waals surface area contributed by atoms with Crippen molar-refractivity contribution in [2.45, 2.75) is 6.04 Å². The van der Waals surface area contributed by atoms with Crippen molar-refractivity contribution in [1.82, 2.24) is 4.98 Å². The van der Waals surface area contributed by atoms with Crippen molar-refractivity contribution in [2.75, 3.05) is 10.6 Å². The van der Waals surface area contributed by atoms with Gasteiger partial charge in [-0.05, 0) is 0 Å². The molecule has 15 heavy (non-hydrogen) atoms. The largest absolute Gasteiger partial charge is 0.366 e. The summed E-state index contributed by atoms with van der Waals surface area (Å²) in [7, 11) is 0. The Labute approximate surface area is 94.0 Å². The van der Waals surface area contributed by atoms with Gasteiger partial charge >= 0.3 is 0 Å². The fraction of sp³-hybridized carbons (Fsp3) is 0.111. The summed E-state index contributed by atoms with van der Waals surface area (Å²) in [5.74, 6) is -0.0493. The molecule has 0 radical (unpaired) electrons. The number of nitrogens with zero attached hydrogens (tertiary/aromatic N) is 1. The van der Waals surface area contributed by atoms with Gasteiger partial charge in [0.15, 0.2) is 0 Å². The topological polar surface area (TPSA) is 54.0 Å². The molecular weight excluding hydrogens is 230 g/mol. The zero-order chi connectivity index (χ0) is 10.3. The number of rotatable bonds is 1. The van der Waals surface area contributed by atoms with Crippen LogP contribution in [0.4, 0.5) is 11.4 Å². The molecule has 3 heterocycles. The van der Waals surface area contributed by atoms with Crippen molar-refractivity contribution in [3.05, 3.63) is 27.3 Å². The smallest absolute Gasteiger partial charge is 0.253 e. The number of amides is 1. The van der Waals surface area contributed by atoms with E-state index in [-0.39, 0.29) is 11.9 Å². The van der Waals surface area contributed by atoms with Gasteiger partial charge in [-0.15, -0.1) is 22.7 Å². The van der Waals surface area contributed by atoms with Gasteiger partial charge in [0.2, 0.25) is 0 Å². The van der Waals surface area contributed by atoms with Gasteiger partial charge in [0, 0.05) is 16.1 Å². The Bertz CT molecular complexity index is 491. The number of thiazole rings is 1. The van der Waals surface area contributed by atoms with Crippen LogP contribution in [-0.4, -0.2) is 10.9 Å². The van der Waals surface area contributed by atoms with E-state index in [1.165, 1.54) is 11.3 Å². The number of hydrogen-bond donors (Lipinski definition) is 2. The first-order valence-corrected chi connectivity index (χ1v) is 6.25. The third-order valence-electron chi connectivity index (χ3n) is 2.23. The van der Waals surface area contributed by atoms with Crippen molar-refractivity contribution >= 4 is 40.0 Å². The molecule has 3 rings (SSSR count). The minimum Gasteiger partial charge on any atom is -0.366 e. The van der Waals surface area contributed by atoms with Gasteiger partial charge in [-0.25, -0.2) is 4.98 Å². The summed E-state index contributed by atoms with van der Waals surface area (Å²) in [6, 6.07) is -0.363. The Hall–Kier alpha value is -1.40. The van der Waals surface area contributed by atoms with Crippen molar-refractivity contribution in [3.8, 4) is 0 Å². The van der Waals surface area contributed by atoms with Crippen LogP contribution in [0, 0.1) is 0 Å². The maximum absolute atomic E-state index is 11.7. The van der Waals surface area contributed by atoms with Crippen LogP contribution in [0.15, 0.2) is 21.7 Å². The van der Waals surface area contributed by atoms with Crippen LogP contribution in [0.5, 0.6) is 0 Å². The van der Waals surface area contributed by atoms with Gasteiger partial charge in [0.05, 0.1) is 22.6 Å². The van der Waals surface area contributed by atoms with Crippen molar-refractivity contribution in [3.63, 3.8) is 0 Å². The predicted molar refractivity (Wildman–Crippen MR) is 61.4 cm³/mol. The first-order valence-electron chi connectivity index (χ1n) is 4.36. The Kier molecular flexibility index (Phi) is 1.96. The molecule has 0 spiro atoms. The van der Waals surface area contributed by atoms with Crippen LogP contribution in [0.2, 0.25) is 0 Å². The van der Waals surface area contributed by atoms with E-state index in [4.69, 9.17) is 0 Å². The molecule has 0 fully saturated rings. The lowest BCUT2D eigenvalue weighted by molar-refractivity contribution is -0.117. The van der Waals surface area contributed by atoms with Crippen LogP contribution in [0.3, 0.4) is 0 Å². The number of hydrogen-bond acceptors (Lipinski definition) is 5. The van der Waals surface area contributed by atoms with Crippen molar-refractivity contribution < 1.29 is 4.79 Å². The highest BCUT2D eigenvalue weighted by Gasteiger charge is 2.28. The first-order chi connectivity index (χ1) is 7.34. The Morgan fingerprint density at radius 2 is 2.07 bits per heavy atom. The van der Waals surface area contributed by atoms with Crippen molar-refractivity contribution in [2.24, 2.45) is 0 Å². The summed E-state index contributed by atoms with van der Waals surface area (Å²) in [4.78, 5) is 15.9. The van der Waals surface area contributed by atoms with E-state index in [2.05, 4.69) is 15.6 Å². The number of aromatic nitrogens is 1. The maximum Gasteiger partial charge on any atom is 0.253 e. The lowest BCUT2D eigenvalue weighted by Crippen LogP contribution is -2.31. The van der Waals surface area contributed by atoms with E-state index in [0.29, 0.717) is 0 Å². The second-order valence-corrected chi connectivity index (χ2v) is 4.64. The standard InChI is InChI=1S/C9H7N3OS2/c13-9-8(7-3-15-4-10-7)11-5-1-14-2-6(5)12-9/h1-4,8,11H,(H,12,13). The maximum atomic E-state index is 11.7. The summed E-state index contributed by atoms with van der Waals surface area (Å²) in [5, 5.41) is 11.8.